The lowest BCUT2D eigenvalue weighted by molar-refractivity contribution is 0.335. The molecule has 2 aliphatic carbocycles. The van der Waals surface area contributed by atoms with E-state index in [-0.39, 0.29) is 0 Å². The van der Waals surface area contributed by atoms with Crippen molar-refractivity contribution in [3.05, 3.63) is 18.5 Å². The van der Waals surface area contributed by atoms with Crippen molar-refractivity contribution in [1.82, 2.24) is 19.9 Å². The highest BCUT2D eigenvalue weighted by molar-refractivity contribution is 5.71. The topological polar surface area (TPSA) is 66.3 Å². The van der Waals surface area contributed by atoms with Gasteiger partial charge < -0.3 is 16.0 Å². The van der Waals surface area contributed by atoms with Crippen LogP contribution >= 0.6 is 0 Å². The molecule has 2 aliphatic rings. The average molecular weight is 328 g/mol. The minimum absolute atomic E-state index is 0.512. The molecular weight excluding hydrogens is 300 g/mol. The van der Waals surface area contributed by atoms with Crippen LogP contribution in [-0.2, 0) is 0 Å². The second-order valence-electron chi connectivity index (χ2n) is 7.57. The summed E-state index contributed by atoms with van der Waals surface area (Å²) in [5, 5.41) is 15.6. The molecule has 6 heteroatoms. The fraction of sp³-hybridized carbons (Fsp3) is 0.667. The van der Waals surface area contributed by atoms with E-state index in [0.717, 1.165) is 17.2 Å². The summed E-state index contributed by atoms with van der Waals surface area (Å²) < 4.78 is 1.87. The van der Waals surface area contributed by atoms with Gasteiger partial charge in [-0.05, 0) is 38.5 Å². The Kier molecular flexibility index (Phi) is 4.31. The van der Waals surface area contributed by atoms with Crippen LogP contribution in [-0.4, -0.2) is 38.8 Å². The summed E-state index contributed by atoms with van der Waals surface area (Å²) in [6.07, 6.45) is 11.1. The molecule has 0 radical (unpaired) electrons. The molecule has 2 saturated carbocycles. The van der Waals surface area contributed by atoms with Crippen molar-refractivity contribution in [2.45, 2.75) is 76.5 Å². The normalized spacial score (nSPS) is 24.5. The number of hydrogen-bond acceptors (Lipinski definition) is 5. The number of nitrogens with zero attached hydrogens (tertiary/aromatic N) is 3. The van der Waals surface area contributed by atoms with E-state index < -0.39 is 0 Å². The number of rotatable bonds is 6. The number of fused-ring (bicyclic) bond motifs is 1. The maximum absolute atomic E-state index is 4.67. The minimum Gasteiger partial charge on any atom is -0.379 e. The van der Waals surface area contributed by atoms with Crippen molar-refractivity contribution in [1.29, 1.82) is 0 Å². The molecular formula is C18H28N6. The van der Waals surface area contributed by atoms with Crippen LogP contribution < -0.4 is 16.0 Å². The van der Waals surface area contributed by atoms with Crippen molar-refractivity contribution < 1.29 is 0 Å². The molecule has 3 N–H and O–H groups in total. The fourth-order valence-electron chi connectivity index (χ4n) is 3.63. The van der Waals surface area contributed by atoms with Crippen LogP contribution in [0.4, 0.5) is 11.5 Å². The van der Waals surface area contributed by atoms with E-state index in [4.69, 9.17) is 0 Å². The molecule has 2 aromatic heterocycles. The average Bonchev–Trinajstić information content (AvgIpc) is 3.23. The molecule has 0 bridgehead atoms. The first kappa shape index (κ1) is 15.7. The molecule has 0 saturated heterocycles. The van der Waals surface area contributed by atoms with Crippen LogP contribution in [0.2, 0.25) is 0 Å². The van der Waals surface area contributed by atoms with Crippen LogP contribution in [0, 0.1) is 0 Å². The Hall–Kier alpha value is -1.82. The fourth-order valence-corrected chi connectivity index (χ4v) is 3.63. The second-order valence-corrected chi connectivity index (χ2v) is 7.57. The largest absolute Gasteiger partial charge is 0.379 e. The van der Waals surface area contributed by atoms with Crippen molar-refractivity contribution >= 4 is 17.2 Å². The Balaban J connectivity index is 1.43. The van der Waals surface area contributed by atoms with E-state index in [1.54, 1.807) is 0 Å². The van der Waals surface area contributed by atoms with Gasteiger partial charge in [-0.2, -0.15) is 0 Å². The van der Waals surface area contributed by atoms with Gasteiger partial charge in [0, 0.05) is 42.6 Å². The third kappa shape index (κ3) is 3.64. The number of hydrogen-bond donors (Lipinski definition) is 3. The van der Waals surface area contributed by atoms with Gasteiger partial charge >= 0.3 is 0 Å². The Morgan fingerprint density at radius 1 is 1.00 bits per heavy atom. The van der Waals surface area contributed by atoms with Gasteiger partial charge in [0.1, 0.15) is 5.82 Å². The number of imidazole rings is 1. The van der Waals surface area contributed by atoms with Gasteiger partial charge in [-0.15, -0.1) is 5.10 Å². The molecule has 130 valence electrons. The van der Waals surface area contributed by atoms with Crippen LogP contribution in [0.15, 0.2) is 18.5 Å². The number of nitrogens with one attached hydrogen (secondary N) is 3. The van der Waals surface area contributed by atoms with Crippen molar-refractivity contribution in [3.8, 4) is 0 Å². The van der Waals surface area contributed by atoms with Gasteiger partial charge in [-0.1, -0.05) is 13.8 Å². The van der Waals surface area contributed by atoms with E-state index in [2.05, 4.69) is 45.9 Å². The van der Waals surface area contributed by atoms with Gasteiger partial charge in [0.05, 0.1) is 5.69 Å². The third-order valence-corrected chi connectivity index (χ3v) is 4.94. The first-order chi connectivity index (χ1) is 11.7. The van der Waals surface area contributed by atoms with Gasteiger partial charge in [0.15, 0.2) is 5.65 Å². The summed E-state index contributed by atoms with van der Waals surface area (Å²) in [5.41, 5.74) is 2.01. The van der Waals surface area contributed by atoms with Gasteiger partial charge in [-0.25, -0.2) is 9.50 Å². The Labute approximate surface area is 143 Å². The van der Waals surface area contributed by atoms with Crippen molar-refractivity contribution in [2.24, 2.45) is 0 Å². The predicted molar refractivity (Wildman–Crippen MR) is 97.6 cm³/mol. The second kappa shape index (κ2) is 6.59. The standard InChI is InChI=1S/C18H28N6/c1-12(2)20-13-3-7-15(8-4-13)22-17-11-16(21-14-5-6-14)18-19-9-10-24(18)23-17/h9-15,20-21H,3-8H2,1-2H3,(H,22,23). The highest BCUT2D eigenvalue weighted by Gasteiger charge is 2.24. The highest BCUT2D eigenvalue weighted by atomic mass is 15.3. The zero-order valence-electron chi connectivity index (χ0n) is 14.6. The van der Waals surface area contributed by atoms with Crippen LogP contribution in [0.1, 0.15) is 52.4 Å². The lowest BCUT2D eigenvalue weighted by atomic mass is 9.91. The first-order valence-electron chi connectivity index (χ1n) is 9.31. The van der Waals surface area contributed by atoms with Crippen molar-refractivity contribution in [2.75, 3.05) is 10.6 Å². The SMILES string of the molecule is CC(C)NC1CCC(Nc2cc(NC3CC3)c3nccn3n2)CC1. The summed E-state index contributed by atoms with van der Waals surface area (Å²) in [6.45, 7) is 4.45. The summed E-state index contributed by atoms with van der Waals surface area (Å²) in [5.74, 6) is 0.948. The lowest BCUT2D eigenvalue weighted by Gasteiger charge is -2.31. The van der Waals surface area contributed by atoms with E-state index in [1.807, 2.05) is 16.9 Å². The predicted octanol–water partition coefficient (Wildman–Crippen LogP) is 3.02. The van der Waals surface area contributed by atoms with E-state index >= 15 is 0 Å². The van der Waals surface area contributed by atoms with Crippen LogP contribution in [0.25, 0.3) is 5.65 Å². The lowest BCUT2D eigenvalue weighted by Crippen LogP contribution is -2.40. The Morgan fingerprint density at radius 3 is 2.38 bits per heavy atom. The minimum atomic E-state index is 0.512. The van der Waals surface area contributed by atoms with E-state index in [9.17, 15) is 0 Å². The van der Waals surface area contributed by atoms with Gasteiger partial charge in [0.2, 0.25) is 0 Å². The molecule has 0 unspecified atom stereocenters. The third-order valence-electron chi connectivity index (χ3n) is 4.94. The zero-order chi connectivity index (χ0) is 16.5. The van der Waals surface area contributed by atoms with Crippen LogP contribution in [0.5, 0.6) is 0 Å². The van der Waals surface area contributed by atoms with Gasteiger partial charge in [0.25, 0.3) is 0 Å². The Morgan fingerprint density at radius 2 is 1.67 bits per heavy atom. The van der Waals surface area contributed by atoms with E-state index in [0.29, 0.717) is 24.2 Å². The molecule has 2 aromatic rings. The first-order valence-corrected chi connectivity index (χ1v) is 9.31. The summed E-state index contributed by atoms with van der Waals surface area (Å²) in [7, 11) is 0. The molecule has 0 atom stereocenters. The summed E-state index contributed by atoms with van der Waals surface area (Å²) in [6, 6.07) is 4.48. The number of anilines is 2. The molecule has 6 nitrogen and oxygen atoms in total. The Bertz CT molecular complexity index is 682. The zero-order valence-corrected chi connectivity index (χ0v) is 14.6. The molecule has 4 rings (SSSR count). The van der Waals surface area contributed by atoms with Crippen LogP contribution in [0.3, 0.4) is 0 Å². The summed E-state index contributed by atoms with van der Waals surface area (Å²) in [4.78, 5) is 4.43. The molecule has 0 spiro atoms. The smallest absolute Gasteiger partial charge is 0.177 e. The van der Waals surface area contributed by atoms with E-state index in [1.165, 1.54) is 38.5 Å². The maximum atomic E-state index is 4.67. The van der Waals surface area contributed by atoms with Gasteiger partial charge in [-0.3, -0.25) is 0 Å². The molecule has 2 heterocycles. The molecule has 0 aliphatic heterocycles. The molecule has 0 amide bonds. The molecule has 0 aromatic carbocycles. The quantitative estimate of drug-likeness (QED) is 0.760. The molecule has 2 fully saturated rings. The summed E-state index contributed by atoms with van der Waals surface area (Å²) >= 11 is 0. The number of aromatic nitrogens is 3. The van der Waals surface area contributed by atoms with Crippen molar-refractivity contribution in [3.63, 3.8) is 0 Å². The monoisotopic (exact) mass is 328 g/mol. The maximum Gasteiger partial charge on any atom is 0.177 e. The highest BCUT2D eigenvalue weighted by Crippen LogP contribution is 2.29. The molecule has 24 heavy (non-hydrogen) atoms.